The van der Waals surface area contributed by atoms with Gasteiger partial charge in [0.25, 0.3) is 5.56 Å². The van der Waals surface area contributed by atoms with Crippen LogP contribution in [0.5, 0.6) is 0 Å². The number of hydrogen-bond donors (Lipinski definition) is 2. The smallest absolute Gasteiger partial charge is 0.264 e. The molecule has 0 spiro atoms. The molecule has 0 saturated carbocycles. The lowest BCUT2D eigenvalue weighted by Gasteiger charge is -2.36. The second kappa shape index (κ2) is 9.50. The molecule has 0 saturated heterocycles. The third kappa shape index (κ3) is 4.65. The summed E-state index contributed by atoms with van der Waals surface area (Å²) in [7, 11) is 0. The average molecular weight is 481 g/mol. The van der Waals surface area contributed by atoms with Crippen molar-refractivity contribution in [1.82, 2.24) is 20.4 Å². The van der Waals surface area contributed by atoms with Crippen molar-refractivity contribution in [3.8, 4) is 0 Å². The standard InChI is InChI=1S/C25H25FN4O3S/c26-18-4-1-15(2-5-18)11-24(32)30-9-7-22-19(8-10-34-22)21(30)14-27-25(33)16-3-6-20-17(12-16)13-23(31)29-28-20/h1-2,4-5,8,10,13,16,21H,3,6-7,9,11-12,14H2,(H,27,33)(H,29,31). The van der Waals surface area contributed by atoms with Crippen molar-refractivity contribution in [2.75, 3.05) is 13.1 Å². The maximum Gasteiger partial charge on any atom is 0.264 e. The molecule has 2 amide bonds. The summed E-state index contributed by atoms with van der Waals surface area (Å²) in [5.41, 5.74) is 3.24. The molecule has 3 heterocycles. The van der Waals surface area contributed by atoms with Crippen LogP contribution in [-0.2, 0) is 35.3 Å². The highest BCUT2D eigenvalue weighted by molar-refractivity contribution is 7.10. The van der Waals surface area contributed by atoms with E-state index in [4.69, 9.17) is 0 Å². The molecular formula is C25H25FN4O3S. The van der Waals surface area contributed by atoms with E-state index in [9.17, 15) is 18.8 Å². The van der Waals surface area contributed by atoms with Crippen LogP contribution < -0.4 is 10.9 Å². The average Bonchev–Trinajstić information content (AvgIpc) is 3.32. The van der Waals surface area contributed by atoms with Gasteiger partial charge in [0.1, 0.15) is 5.82 Å². The Kier molecular flexibility index (Phi) is 6.28. The summed E-state index contributed by atoms with van der Waals surface area (Å²) in [6, 6.07) is 9.29. The van der Waals surface area contributed by atoms with Gasteiger partial charge in [0.15, 0.2) is 0 Å². The van der Waals surface area contributed by atoms with Gasteiger partial charge >= 0.3 is 0 Å². The minimum Gasteiger partial charge on any atom is -0.353 e. The van der Waals surface area contributed by atoms with Gasteiger partial charge in [-0.05, 0) is 66.0 Å². The van der Waals surface area contributed by atoms with E-state index in [0.717, 1.165) is 28.8 Å². The molecule has 0 radical (unpaired) electrons. The van der Waals surface area contributed by atoms with E-state index in [-0.39, 0.29) is 41.6 Å². The molecule has 5 rings (SSSR count). The summed E-state index contributed by atoms with van der Waals surface area (Å²) in [6.07, 6.45) is 2.77. The predicted octanol–water partition coefficient (Wildman–Crippen LogP) is 2.56. The van der Waals surface area contributed by atoms with Gasteiger partial charge in [-0.2, -0.15) is 5.10 Å². The number of thiophene rings is 1. The Labute approximate surface area is 200 Å². The Morgan fingerprint density at radius 3 is 2.85 bits per heavy atom. The lowest BCUT2D eigenvalue weighted by molar-refractivity contribution is -0.134. The lowest BCUT2D eigenvalue weighted by atomic mass is 9.86. The first-order valence-corrected chi connectivity index (χ1v) is 12.3. The minimum atomic E-state index is -0.330. The van der Waals surface area contributed by atoms with Crippen LogP contribution in [0, 0.1) is 11.7 Å². The molecule has 1 aromatic carbocycles. The number of H-pyrrole nitrogens is 1. The Balaban J connectivity index is 1.28. The van der Waals surface area contributed by atoms with Crippen molar-refractivity contribution in [2.24, 2.45) is 5.92 Å². The van der Waals surface area contributed by atoms with E-state index < -0.39 is 0 Å². The molecule has 2 N–H and O–H groups in total. The number of nitrogens with one attached hydrogen (secondary N) is 2. The van der Waals surface area contributed by atoms with Gasteiger partial charge in [-0.3, -0.25) is 14.4 Å². The van der Waals surface area contributed by atoms with Crippen molar-refractivity contribution < 1.29 is 14.0 Å². The zero-order valence-electron chi connectivity index (χ0n) is 18.6. The Bertz CT molecular complexity index is 1270. The number of fused-ring (bicyclic) bond motifs is 2. The van der Waals surface area contributed by atoms with Gasteiger partial charge in [0.2, 0.25) is 11.8 Å². The van der Waals surface area contributed by atoms with Gasteiger partial charge in [0, 0.05) is 30.0 Å². The monoisotopic (exact) mass is 480 g/mol. The van der Waals surface area contributed by atoms with E-state index in [0.29, 0.717) is 32.4 Å². The highest BCUT2D eigenvalue weighted by Gasteiger charge is 2.33. The third-order valence-corrected chi connectivity index (χ3v) is 7.69. The van der Waals surface area contributed by atoms with Crippen LogP contribution in [0.3, 0.4) is 0 Å². The highest BCUT2D eigenvalue weighted by atomic mass is 32.1. The Morgan fingerprint density at radius 2 is 2.03 bits per heavy atom. The first kappa shape index (κ1) is 22.5. The van der Waals surface area contributed by atoms with Crippen molar-refractivity contribution in [1.29, 1.82) is 0 Å². The fourth-order valence-electron chi connectivity index (χ4n) is 4.90. The summed E-state index contributed by atoms with van der Waals surface area (Å²) in [5.74, 6) is -0.674. The van der Waals surface area contributed by atoms with Gasteiger partial charge in [-0.15, -0.1) is 11.3 Å². The highest BCUT2D eigenvalue weighted by Crippen LogP contribution is 2.33. The molecule has 2 atom stereocenters. The second-order valence-corrected chi connectivity index (χ2v) is 9.84. The van der Waals surface area contributed by atoms with E-state index in [2.05, 4.69) is 15.5 Å². The Morgan fingerprint density at radius 1 is 1.21 bits per heavy atom. The number of benzene rings is 1. The Hall–Kier alpha value is -3.33. The number of carbonyl (C=O) groups is 2. The molecule has 1 aliphatic carbocycles. The molecule has 34 heavy (non-hydrogen) atoms. The van der Waals surface area contributed by atoms with Crippen LogP contribution in [0.2, 0.25) is 0 Å². The molecule has 0 fully saturated rings. The molecule has 7 nitrogen and oxygen atoms in total. The van der Waals surface area contributed by atoms with Crippen LogP contribution in [-0.4, -0.2) is 40.0 Å². The SMILES string of the molecule is O=C(NCC1c2ccsc2CCN1C(=O)Cc1ccc(F)cc1)C1CCc2n[nH]c(=O)cc2C1. The van der Waals surface area contributed by atoms with Gasteiger partial charge < -0.3 is 10.2 Å². The van der Waals surface area contributed by atoms with E-state index in [1.165, 1.54) is 23.1 Å². The van der Waals surface area contributed by atoms with Crippen LogP contribution in [0.15, 0.2) is 46.6 Å². The van der Waals surface area contributed by atoms with E-state index in [1.54, 1.807) is 23.5 Å². The van der Waals surface area contributed by atoms with E-state index in [1.807, 2.05) is 16.3 Å². The molecule has 2 aliphatic rings. The van der Waals surface area contributed by atoms with Crippen LogP contribution in [0.4, 0.5) is 4.39 Å². The number of carbonyl (C=O) groups excluding carboxylic acids is 2. The van der Waals surface area contributed by atoms with Gasteiger partial charge in [0.05, 0.1) is 18.2 Å². The lowest BCUT2D eigenvalue weighted by Crippen LogP contribution is -2.46. The maximum absolute atomic E-state index is 13.2. The number of aryl methyl sites for hydroxylation is 1. The fraction of sp³-hybridized carbons (Fsp3) is 0.360. The fourth-order valence-corrected chi connectivity index (χ4v) is 5.83. The summed E-state index contributed by atoms with van der Waals surface area (Å²) in [5, 5.41) is 11.6. The number of amides is 2. The molecule has 2 unspecified atom stereocenters. The zero-order valence-corrected chi connectivity index (χ0v) is 19.4. The van der Waals surface area contributed by atoms with Crippen LogP contribution >= 0.6 is 11.3 Å². The molecule has 176 valence electrons. The summed E-state index contributed by atoms with van der Waals surface area (Å²) in [6.45, 7) is 0.911. The largest absolute Gasteiger partial charge is 0.353 e. The van der Waals surface area contributed by atoms with Gasteiger partial charge in [-0.25, -0.2) is 9.49 Å². The molecule has 9 heteroatoms. The quantitative estimate of drug-likeness (QED) is 0.587. The molecule has 3 aromatic rings. The number of halogens is 1. The summed E-state index contributed by atoms with van der Waals surface area (Å²) in [4.78, 5) is 40.9. The number of rotatable bonds is 5. The van der Waals surface area contributed by atoms with E-state index >= 15 is 0 Å². The molecular weight excluding hydrogens is 455 g/mol. The van der Waals surface area contributed by atoms with Crippen LogP contribution in [0.25, 0.3) is 0 Å². The van der Waals surface area contributed by atoms with Crippen molar-refractivity contribution in [3.05, 3.63) is 85.2 Å². The summed E-state index contributed by atoms with van der Waals surface area (Å²) >= 11 is 1.67. The topological polar surface area (TPSA) is 95.2 Å². The predicted molar refractivity (Wildman–Crippen MR) is 126 cm³/mol. The molecule has 2 aromatic heterocycles. The van der Waals surface area contributed by atoms with Crippen LogP contribution in [0.1, 0.15) is 39.7 Å². The van der Waals surface area contributed by atoms with Crippen molar-refractivity contribution in [2.45, 2.75) is 38.1 Å². The van der Waals surface area contributed by atoms with Crippen molar-refractivity contribution in [3.63, 3.8) is 0 Å². The number of hydrogen-bond acceptors (Lipinski definition) is 5. The third-order valence-electron chi connectivity index (χ3n) is 6.70. The zero-order chi connectivity index (χ0) is 23.7. The minimum absolute atomic E-state index is 0.0420. The normalized spacial score (nSPS) is 19.3. The van der Waals surface area contributed by atoms with Crippen molar-refractivity contribution >= 4 is 23.2 Å². The second-order valence-electron chi connectivity index (χ2n) is 8.84. The first-order valence-electron chi connectivity index (χ1n) is 11.4. The maximum atomic E-state index is 13.2. The number of aromatic nitrogens is 2. The molecule has 1 aliphatic heterocycles. The number of nitrogens with zero attached hydrogens (tertiary/aromatic N) is 2. The summed E-state index contributed by atoms with van der Waals surface area (Å²) < 4.78 is 13.2. The molecule has 0 bridgehead atoms. The van der Waals surface area contributed by atoms with Gasteiger partial charge in [-0.1, -0.05) is 12.1 Å². The first-order chi connectivity index (χ1) is 16.5. The number of aromatic amines is 1.